The molecule has 0 saturated heterocycles. The summed E-state index contributed by atoms with van der Waals surface area (Å²) in [5.74, 6) is -0.973. The molecule has 0 fully saturated rings. The lowest BCUT2D eigenvalue weighted by Crippen LogP contribution is -2.30. The fourth-order valence-electron chi connectivity index (χ4n) is 6.93. The Morgan fingerprint density at radius 1 is 0.344 bits per heavy atom. The minimum absolute atomic E-state index is 0.104. The third-order valence-corrected chi connectivity index (χ3v) is 10.8. The van der Waals surface area contributed by atoms with Crippen LogP contribution >= 0.6 is 0 Å². The highest BCUT2D eigenvalue weighted by Crippen LogP contribution is 2.13. The summed E-state index contributed by atoms with van der Waals surface area (Å²) < 4.78 is 16.8. The first-order chi connectivity index (χ1) is 31.5. The Hall–Kier alpha value is -3.67. The van der Waals surface area contributed by atoms with Gasteiger partial charge in [-0.15, -0.1) is 0 Å². The number of esters is 3. The number of hydrogen-bond donors (Lipinski definition) is 0. The Labute approximate surface area is 394 Å². The second kappa shape index (κ2) is 52.0. The highest BCUT2D eigenvalue weighted by Gasteiger charge is 2.19. The van der Waals surface area contributed by atoms with Gasteiger partial charge >= 0.3 is 17.9 Å². The van der Waals surface area contributed by atoms with E-state index in [1.54, 1.807) is 0 Å². The molecular formula is C58H96O6. The van der Waals surface area contributed by atoms with Gasteiger partial charge in [0.25, 0.3) is 0 Å². The van der Waals surface area contributed by atoms with Crippen LogP contribution in [0.4, 0.5) is 0 Å². The minimum atomic E-state index is -0.808. The molecule has 1 unspecified atom stereocenters. The molecule has 0 aliphatic carbocycles. The van der Waals surface area contributed by atoms with E-state index in [1.807, 2.05) is 0 Å². The minimum Gasteiger partial charge on any atom is -0.462 e. The number of carbonyl (C=O) groups is 3. The molecular weight excluding hydrogens is 793 g/mol. The van der Waals surface area contributed by atoms with Gasteiger partial charge in [-0.1, -0.05) is 201 Å². The topological polar surface area (TPSA) is 78.9 Å². The molecule has 0 radical (unpaired) electrons. The van der Waals surface area contributed by atoms with Gasteiger partial charge in [0, 0.05) is 19.3 Å². The maximum absolute atomic E-state index is 12.8. The molecule has 0 saturated carbocycles. The van der Waals surface area contributed by atoms with Gasteiger partial charge in [-0.25, -0.2) is 0 Å². The first-order valence-electron chi connectivity index (χ1n) is 26.3. The van der Waals surface area contributed by atoms with Crippen molar-refractivity contribution in [2.24, 2.45) is 0 Å². The van der Waals surface area contributed by atoms with Gasteiger partial charge in [0.15, 0.2) is 6.10 Å². The van der Waals surface area contributed by atoms with Crippen molar-refractivity contribution in [3.05, 3.63) is 97.2 Å². The summed E-state index contributed by atoms with van der Waals surface area (Å²) in [7, 11) is 0. The fourth-order valence-corrected chi connectivity index (χ4v) is 6.93. The molecule has 0 aromatic carbocycles. The average molecular weight is 889 g/mol. The highest BCUT2D eigenvalue weighted by molar-refractivity contribution is 5.71. The molecule has 0 bridgehead atoms. The second-order valence-corrected chi connectivity index (χ2v) is 17.0. The van der Waals surface area contributed by atoms with Crippen LogP contribution in [0, 0.1) is 0 Å². The molecule has 1 atom stereocenters. The third kappa shape index (κ3) is 49.3. The molecule has 0 N–H and O–H groups in total. The summed E-state index contributed by atoms with van der Waals surface area (Å²) >= 11 is 0. The normalized spacial score (nSPS) is 12.9. The number of unbranched alkanes of at least 4 members (excludes halogenated alkanes) is 20. The Kier molecular flexibility index (Phi) is 49.0. The van der Waals surface area contributed by atoms with E-state index in [9.17, 15) is 14.4 Å². The fraction of sp³-hybridized carbons (Fsp3) is 0.672. The molecule has 0 aromatic rings. The maximum Gasteiger partial charge on any atom is 0.306 e. The number of ether oxygens (including phenoxy) is 3. The SMILES string of the molecule is CC/C=C\C/C=C\C/C=C\C/C=C\CCCCCC(=O)OCC(COC(=O)CCCCCCCCC/C=C\C/C=C\CC)OC(=O)CCCCC/C=C\C=C/CCCCCCCCC. The van der Waals surface area contributed by atoms with Crippen LogP contribution < -0.4 is 0 Å². The van der Waals surface area contributed by atoms with Crippen LogP contribution in [0.15, 0.2) is 97.2 Å². The van der Waals surface area contributed by atoms with Crippen molar-refractivity contribution in [1.29, 1.82) is 0 Å². The molecule has 0 rings (SSSR count). The molecule has 0 amide bonds. The zero-order chi connectivity index (χ0) is 46.5. The van der Waals surface area contributed by atoms with Crippen LogP contribution in [-0.4, -0.2) is 37.2 Å². The van der Waals surface area contributed by atoms with E-state index in [-0.39, 0.29) is 37.5 Å². The molecule has 0 aliphatic heterocycles. The molecule has 0 heterocycles. The highest BCUT2D eigenvalue weighted by atomic mass is 16.6. The smallest absolute Gasteiger partial charge is 0.306 e. The Bertz CT molecular complexity index is 1300. The van der Waals surface area contributed by atoms with Crippen LogP contribution in [0.3, 0.4) is 0 Å². The van der Waals surface area contributed by atoms with Crippen molar-refractivity contribution >= 4 is 17.9 Å². The first kappa shape index (κ1) is 60.3. The largest absolute Gasteiger partial charge is 0.462 e. The molecule has 6 nitrogen and oxygen atoms in total. The van der Waals surface area contributed by atoms with Crippen LogP contribution in [0.2, 0.25) is 0 Å². The van der Waals surface area contributed by atoms with Crippen LogP contribution in [-0.2, 0) is 28.6 Å². The quantitative estimate of drug-likeness (QED) is 0.0199. The maximum atomic E-state index is 12.8. The number of rotatable bonds is 46. The molecule has 0 aliphatic rings. The lowest BCUT2D eigenvalue weighted by molar-refractivity contribution is -0.167. The lowest BCUT2D eigenvalue weighted by Gasteiger charge is -2.18. The molecule has 64 heavy (non-hydrogen) atoms. The standard InChI is InChI=1S/C58H96O6/c1-4-7-10-13-16-19-22-25-28-30-33-36-39-42-45-48-51-57(60)63-54-55(53-62-56(59)50-47-44-41-38-35-32-27-24-21-18-15-12-9-6-3)64-58(61)52-49-46-43-40-37-34-31-29-26-23-20-17-14-11-8-5-2/h7,9-10,12,16,18-19,21,25,28-29,31,33-34,36-37,55H,4-6,8,11,13-15,17,20,22-24,26-27,30,32,35,38-54H2,1-3H3/b10-7-,12-9-,19-16-,21-18-,28-25-,31-29-,36-33-,37-34-. The van der Waals surface area contributed by atoms with E-state index in [2.05, 4.69) is 118 Å². The van der Waals surface area contributed by atoms with E-state index >= 15 is 0 Å². The first-order valence-corrected chi connectivity index (χ1v) is 26.3. The monoisotopic (exact) mass is 889 g/mol. The van der Waals surface area contributed by atoms with E-state index < -0.39 is 6.10 Å². The summed E-state index contributed by atoms with van der Waals surface area (Å²) in [6.45, 7) is 6.35. The van der Waals surface area contributed by atoms with Crippen molar-refractivity contribution in [3.63, 3.8) is 0 Å². The van der Waals surface area contributed by atoms with E-state index in [4.69, 9.17) is 14.2 Å². The zero-order valence-electron chi connectivity index (χ0n) is 41.5. The number of hydrogen-bond acceptors (Lipinski definition) is 6. The van der Waals surface area contributed by atoms with Gasteiger partial charge in [-0.2, -0.15) is 0 Å². The molecule has 364 valence electrons. The van der Waals surface area contributed by atoms with Crippen molar-refractivity contribution in [2.45, 2.75) is 239 Å². The number of allylic oxidation sites excluding steroid dienone is 16. The van der Waals surface area contributed by atoms with Crippen LogP contribution in [0.5, 0.6) is 0 Å². The average Bonchev–Trinajstić information content (AvgIpc) is 3.29. The van der Waals surface area contributed by atoms with Crippen molar-refractivity contribution in [3.8, 4) is 0 Å². The third-order valence-electron chi connectivity index (χ3n) is 10.8. The van der Waals surface area contributed by atoms with E-state index in [1.165, 1.54) is 70.6 Å². The van der Waals surface area contributed by atoms with Gasteiger partial charge in [0.1, 0.15) is 13.2 Å². The van der Waals surface area contributed by atoms with Crippen LogP contribution in [0.25, 0.3) is 0 Å². The molecule has 0 aromatic heterocycles. The number of carbonyl (C=O) groups excluding carboxylic acids is 3. The summed E-state index contributed by atoms with van der Waals surface area (Å²) in [4.78, 5) is 38.0. The van der Waals surface area contributed by atoms with Crippen molar-refractivity contribution in [2.75, 3.05) is 13.2 Å². The van der Waals surface area contributed by atoms with Crippen LogP contribution in [0.1, 0.15) is 233 Å². The summed E-state index contributed by atoms with van der Waals surface area (Å²) in [6, 6.07) is 0. The van der Waals surface area contributed by atoms with Gasteiger partial charge in [0.05, 0.1) is 0 Å². The lowest BCUT2D eigenvalue weighted by atomic mass is 10.1. The molecule has 0 spiro atoms. The van der Waals surface area contributed by atoms with E-state index in [0.29, 0.717) is 12.8 Å². The predicted molar refractivity (Wildman–Crippen MR) is 274 cm³/mol. The zero-order valence-corrected chi connectivity index (χ0v) is 41.5. The van der Waals surface area contributed by atoms with Gasteiger partial charge in [0.2, 0.25) is 0 Å². The Morgan fingerprint density at radius 3 is 1.06 bits per heavy atom. The Balaban J connectivity index is 4.51. The van der Waals surface area contributed by atoms with Gasteiger partial charge in [-0.05, 0) is 109 Å². The summed E-state index contributed by atoms with van der Waals surface area (Å²) in [5.41, 5.74) is 0. The second-order valence-electron chi connectivity index (χ2n) is 17.0. The van der Waals surface area contributed by atoms with E-state index in [0.717, 1.165) is 122 Å². The Morgan fingerprint density at radius 2 is 0.656 bits per heavy atom. The van der Waals surface area contributed by atoms with Gasteiger partial charge < -0.3 is 14.2 Å². The van der Waals surface area contributed by atoms with Crippen molar-refractivity contribution < 1.29 is 28.6 Å². The van der Waals surface area contributed by atoms with Crippen molar-refractivity contribution in [1.82, 2.24) is 0 Å². The summed E-state index contributed by atoms with van der Waals surface area (Å²) in [5, 5.41) is 0. The summed E-state index contributed by atoms with van der Waals surface area (Å²) in [6.07, 6.45) is 68.2. The molecule has 6 heteroatoms. The predicted octanol–water partition coefficient (Wildman–Crippen LogP) is 17.4. The van der Waals surface area contributed by atoms with Gasteiger partial charge in [-0.3, -0.25) is 14.4 Å².